The number of carbonyl (C=O) groups is 2. The second-order valence-electron chi connectivity index (χ2n) is 5.33. The summed E-state index contributed by atoms with van der Waals surface area (Å²) in [4.78, 5) is 24.5. The van der Waals surface area contributed by atoms with E-state index < -0.39 is 12.0 Å². The number of nitrogens with one attached hydrogen (secondary N) is 1. The lowest BCUT2D eigenvalue weighted by Gasteiger charge is -2.17. The number of rotatable bonds is 6. The Morgan fingerprint density at radius 1 is 1.17 bits per heavy atom. The fourth-order valence-electron chi connectivity index (χ4n) is 2.50. The average molecular weight is 378 g/mol. The monoisotopic (exact) mass is 377 g/mol. The highest BCUT2D eigenvalue weighted by atomic mass is 79.9. The van der Waals surface area contributed by atoms with Crippen LogP contribution in [-0.2, 0) is 9.53 Å². The molecule has 1 amide bonds. The third-order valence-corrected chi connectivity index (χ3v) is 4.44. The van der Waals surface area contributed by atoms with Gasteiger partial charge in [0.25, 0.3) is 5.91 Å². The summed E-state index contributed by atoms with van der Waals surface area (Å²) in [6.45, 7) is 2.04. The first-order valence-electron chi connectivity index (χ1n) is 7.64. The molecule has 0 spiro atoms. The summed E-state index contributed by atoms with van der Waals surface area (Å²) in [7, 11) is 1.34. The van der Waals surface area contributed by atoms with Crippen LogP contribution in [0.4, 0.5) is 0 Å². The fraction of sp³-hybridized carbons (Fsp3) is 0.333. The molecule has 0 saturated heterocycles. The quantitative estimate of drug-likeness (QED) is 0.772. The number of hydrogen-bond acceptors (Lipinski definition) is 3. The Hall–Kier alpha value is -1.88. The molecule has 2 aromatic carbocycles. The Bertz CT molecular complexity index is 714. The van der Waals surface area contributed by atoms with Gasteiger partial charge in [0.2, 0.25) is 0 Å². The molecule has 0 aliphatic heterocycles. The number of esters is 1. The molecule has 0 radical (unpaired) electrons. The van der Waals surface area contributed by atoms with E-state index in [0.717, 1.165) is 28.1 Å². The Morgan fingerprint density at radius 3 is 2.52 bits per heavy atom. The zero-order chi connectivity index (χ0) is 16.8. The van der Waals surface area contributed by atoms with Gasteiger partial charge >= 0.3 is 5.97 Å². The van der Waals surface area contributed by atoms with Gasteiger partial charge in [-0.25, -0.2) is 4.79 Å². The van der Waals surface area contributed by atoms with E-state index in [-0.39, 0.29) is 5.91 Å². The van der Waals surface area contributed by atoms with Gasteiger partial charge in [-0.1, -0.05) is 60.0 Å². The lowest BCUT2D eigenvalue weighted by molar-refractivity contribution is -0.143. The molecule has 0 heterocycles. The summed E-state index contributed by atoms with van der Waals surface area (Å²) in [6, 6.07) is 10.6. The van der Waals surface area contributed by atoms with Crippen molar-refractivity contribution in [2.24, 2.45) is 0 Å². The van der Waals surface area contributed by atoms with E-state index >= 15 is 0 Å². The molecular weight excluding hydrogens is 358 g/mol. The largest absolute Gasteiger partial charge is 0.467 e. The van der Waals surface area contributed by atoms with Gasteiger partial charge in [0, 0.05) is 10.0 Å². The predicted octanol–water partition coefficient (Wildman–Crippen LogP) is 4.06. The maximum absolute atomic E-state index is 12.6. The van der Waals surface area contributed by atoms with Gasteiger partial charge in [-0.3, -0.25) is 4.79 Å². The molecule has 0 aromatic heterocycles. The summed E-state index contributed by atoms with van der Waals surface area (Å²) in [5, 5.41) is 4.61. The zero-order valence-corrected chi connectivity index (χ0v) is 14.9. The first-order valence-corrected chi connectivity index (χ1v) is 8.43. The van der Waals surface area contributed by atoms with Crippen LogP contribution in [0.5, 0.6) is 0 Å². The molecule has 5 heteroatoms. The minimum atomic E-state index is -0.616. The Kier molecular flexibility index (Phi) is 6.16. The van der Waals surface area contributed by atoms with Gasteiger partial charge in [0.15, 0.2) is 0 Å². The molecule has 122 valence electrons. The number of unbranched alkanes of at least 4 members (excludes halogenated alkanes) is 1. The highest BCUT2D eigenvalue weighted by Crippen LogP contribution is 2.26. The Balaban J connectivity index is 2.29. The van der Waals surface area contributed by atoms with E-state index in [0.29, 0.717) is 12.0 Å². The Morgan fingerprint density at radius 2 is 1.87 bits per heavy atom. The number of hydrogen-bond donors (Lipinski definition) is 1. The summed E-state index contributed by atoms with van der Waals surface area (Å²) in [5.74, 6) is -0.673. The molecule has 1 N–H and O–H groups in total. The number of benzene rings is 2. The molecule has 0 saturated carbocycles. The molecule has 1 atom stereocenters. The van der Waals surface area contributed by atoms with Crippen LogP contribution in [0.2, 0.25) is 0 Å². The summed E-state index contributed by atoms with van der Waals surface area (Å²) >= 11 is 3.49. The van der Waals surface area contributed by atoms with E-state index in [9.17, 15) is 9.59 Å². The van der Waals surface area contributed by atoms with Crippen LogP contribution in [0.3, 0.4) is 0 Å². The van der Waals surface area contributed by atoms with Gasteiger partial charge in [-0.2, -0.15) is 0 Å². The van der Waals surface area contributed by atoms with E-state index in [2.05, 4.69) is 21.2 Å². The molecule has 0 aliphatic rings. The predicted molar refractivity (Wildman–Crippen MR) is 94.4 cm³/mol. The molecule has 2 aromatic rings. The lowest BCUT2D eigenvalue weighted by Crippen LogP contribution is -2.41. The van der Waals surface area contributed by atoms with Gasteiger partial charge in [0.1, 0.15) is 6.04 Å². The van der Waals surface area contributed by atoms with Gasteiger partial charge < -0.3 is 10.1 Å². The minimum absolute atomic E-state index is 0.264. The van der Waals surface area contributed by atoms with Crippen molar-refractivity contribution in [2.75, 3.05) is 7.11 Å². The summed E-state index contributed by atoms with van der Waals surface area (Å²) in [5.41, 5.74) is 0.550. The van der Waals surface area contributed by atoms with Crippen LogP contribution in [0.1, 0.15) is 36.5 Å². The molecule has 0 unspecified atom stereocenters. The number of halogens is 1. The maximum atomic E-state index is 12.6. The topological polar surface area (TPSA) is 55.4 Å². The zero-order valence-electron chi connectivity index (χ0n) is 13.3. The standard InChI is InChI=1S/C18H20BrNO3/c1-3-4-9-16(18(22)23-2)20-17(21)14-10-11-15(19)13-8-6-5-7-12(13)14/h5-8,10-11,16H,3-4,9H2,1-2H3,(H,20,21)/t16-/m1/s1. The van der Waals surface area contributed by atoms with Gasteiger partial charge in [-0.05, 0) is 29.3 Å². The summed E-state index contributed by atoms with van der Waals surface area (Å²) < 4.78 is 5.72. The smallest absolute Gasteiger partial charge is 0.328 e. The fourth-order valence-corrected chi connectivity index (χ4v) is 2.97. The third kappa shape index (κ3) is 4.10. The Labute approximate surface area is 144 Å². The van der Waals surface area contributed by atoms with Crippen molar-refractivity contribution in [2.45, 2.75) is 32.2 Å². The van der Waals surface area contributed by atoms with Crippen molar-refractivity contribution in [3.8, 4) is 0 Å². The van der Waals surface area contributed by atoms with E-state index in [4.69, 9.17) is 4.74 Å². The van der Waals surface area contributed by atoms with E-state index in [1.807, 2.05) is 37.3 Å². The highest BCUT2D eigenvalue weighted by Gasteiger charge is 2.22. The van der Waals surface area contributed by atoms with Crippen LogP contribution in [0, 0.1) is 0 Å². The number of ether oxygens (including phenoxy) is 1. The van der Waals surface area contributed by atoms with Crippen molar-refractivity contribution in [3.05, 3.63) is 46.4 Å². The molecule has 4 nitrogen and oxygen atoms in total. The van der Waals surface area contributed by atoms with Crippen molar-refractivity contribution >= 4 is 38.6 Å². The van der Waals surface area contributed by atoms with Crippen LogP contribution in [0.15, 0.2) is 40.9 Å². The molecule has 0 aliphatic carbocycles. The second kappa shape index (κ2) is 8.11. The van der Waals surface area contributed by atoms with Crippen LogP contribution >= 0.6 is 15.9 Å². The second-order valence-corrected chi connectivity index (χ2v) is 6.19. The SMILES string of the molecule is CCCC[C@@H](NC(=O)c1ccc(Br)c2ccccc12)C(=O)OC. The molecule has 0 bridgehead atoms. The van der Waals surface area contributed by atoms with Crippen molar-refractivity contribution < 1.29 is 14.3 Å². The van der Waals surface area contributed by atoms with Crippen molar-refractivity contribution in [1.29, 1.82) is 0 Å². The maximum Gasteiger partial charge on any atom is 0.328 e. The molecular formula is C18H20BrNO3. The number of fused-ring (bicyclic) bond motifs is 1. The number of carbonyl (C=O) groups excluding carboxylic acids is 2. The van der Waals surface area contributed by atoms with Crippen LogP contribution < -0.4 is 5.32 Å². The van der Waals surface area contributed by atoms with Crippen molar-refractivity contribution in [3.63, 3.8) is 0 Å². The highest BCUT2D eigenvalue weighted by molar-refractivity contribution is 9.10. The average Bonchev–Trinajstić information content (AvgIpc) is 2.58. The molecule has 0 fully saturated rings. The van der Waals surface area contributed by atoms with Gasteiger partial charge in [0.05, 0.1) is 7.11 Å². The van der Waals surface area contributed by atoms with Crippen LogP contribution in [-0.4, -0.2) is 25.0 Å². The van der Waals surface area contributed by atoms with Crippen molar-refractivity contribution in [1.82, 2.24) is 5.32 Å². The first kappa shape index (κ1) is 17.5. The first-order chi connectivity index (χ1) is 11.1. The minimum Gasteiger partial charge on any atom is -0.467 e. The van der Waals surface area contributed by atoms with Gasteiger partial charge in [-0.15, -0.1) is 0 Å². The molecule has 2 rings (SSSR count). The van der Waals surface area contributed by atoms with E-state index in [1.54, 1.807) is 6.07 Å². The number of amides is 1. The normalized spacial score (nSPS) is 12.0. The van der Waals surface area contributed by atoms with E-state index in [1.165, 1.54) is 7.11 Å². The van der Waals surface area contributed by atoms with Crippen LogP contribution in [0.25, 0.3) is 10.8 Å². The lowest BCUT2D eigenvalue weighted by atomic mass is 10.0. The number of methoxy groups -OCH3 is 1. The third-order valence-electron chi connectivity index (χ3n) is 3.75. The summed E-state index contributed by atoms with van der Waals surface area (Å²) in [6.07, 6.45) is 2.37. The molecule has 23 heavy (non-hydrogen) atoms.